The molecule has 0 bridgehead atoms. The van der Waals surface area contributed by atoms with Crippen LogP contribution in [0.1, 0.15) is 12.8 Å². The summed E-state index contributed by atoms with van der Waals surface area (Å²) in [5, 5.41) is 3.19. The van der Waals surface area contributed by atoms with Gasteiger partial charge in [-0.25, -0.2) is 0 Å². The Morgan fingerprint density at radius 3 is 2.38 bits per heavy atom. The fourth-order valence-corrected chi connectivity index (χ4v) is 0.980. The van der Waals surface area contributed by atoms with Crippen LogP contribution in [-0.2, 0) is 4.79 Å². The van der Waals surface area contributed by atoms with Crippen molar-refractivity contribution in [2.75, 3.05) is 13.1 Å². The second-order valence-electron chi connectivity index (χ2n) is 2.22. The van der Waals surface area contributed by atoms with Crippen LogP contribution < -0.4 is 5.32 Å². The van der Waals surface area contributed by atoms with Gasteiger partial charge in [0.15, 0.2) is 0 Å². The third-order valence-electron chi connectivity index (χ3n) is 1.58. The average Bonchev–Trinajstić information content (AvgIpc) is 1.90. The van der Waals surface area contributed by atoms with Gasteiger partial charge in [0.05, 0.1) is 0 Å². The van der Waals surface area contributed by atoms with Gasteiger partial charge in [-0.2, -0.15) is 0 Å². The van der Waals surface area contributed by atoms with Crippen molar-refractivity contribution >= 4 is 6.29 Å². The Bertz CT molecular complexity index is 76.6. The summed E-state index contributed by atoms with van der Waals surface area (Å²) in [7, 11) is 0. The van der Waals surface area contributed by atoms with Crippen molar-refractivity contribution in [1.29, 1.82) is 0 Å². The molecular weight excluding hydrogens is 102 g/mol. The lowest BCUT2D eigenvalue weighted by molar-refractivity contribution is -0.111. The second kappa shape index (κ2) is 2.82. The molecule has 1 aliphatic heterocycles. The highest BCUT2D eigenvalue weighted by molar-refractivity contribution is 5.53. The van der Waals surface area contributed by atoms with Gasteiger partial charge in [0.25, 0.3) is 0 Å². The molecule has 1 rings (SSSR count). The van der Waals surface area contributed by atoms with E-state index in [0.29, 0.717) is 5.92 Å². The zero-order chi connectivity index (χ0) is 5.82. The van der Waals surface area contributed by atoms with Crippen LogP contribution in [0.2, 0.25) is 0 Å². The molecule has 1 fully saturated rings. The zero-order valence-corrected chi connectivity index (χ0v) is 4.89. The zero-order valence-electron chi connectivity index (χ0n) is 4.89. The van der Waals surface area contributed by atoms with E-state index in [4.69, 9.17) is 0 Å². The highest BCUT2D eigenvalue weighted by atomic mass is 16.1. The third-order valence-corrected chi connectivity index (χ3v) is 1.58. The molecule has 0 unspecified atom stereocenters. The number of rotatable bonds is 1. The highest BCUT2D eigenvalue weighted by Gasteiger charge is 2.09. The minimum Gasteiger partial charge on any atom is -0.317 e. The van der Waals surface area contributed by atoms with Gasteiger partial charge in [-0.05, 0) is 25.9 Å². The molecule has 2 nitrogen and oxygen atoms in total. The predicted octanol–water partition coefficient (Wildman–Crippen LogP) is 0.185. The number of piperidine rings is 1. The smallest absolute Gasteiger partial charge is 0.123 e. The molecule has 0 aromatic rings. The Morgan fingerprint density at radius 1 is 1.38 bits per heavy atom. The maximum atomic E-state index is 10.1. The number of hydrogen-bond donors (Lipinski definition) is 1. The molecule has 1 saturated heterocycles. The Labute approximate surface area is 49.3 Å². The first-order valence-corrected chi connectivity index (χ1v) is 3.09. The SMILES string of the molecule is O=CC1CCNCC1. The Morgan fingerprint density at radius 2 is 2.00 bits per heavy atom. The predicted molar refractivity (Wildman–Crippen MR) is 31.7 cm³/mol. The highest BCUT2D eigenvalue weighted by Crippen LogP contribution is 2.06. The van der Waals surface area contributed by atoms with Crippen LogP contribution in [-0.4, -0.2) is 19.4 Å². The number of carbonyl (C=O) groups is 1. The van der Waals surface area contributed by atoms with Crippen molar-refractivity contribution in [2.24, 2.45) is 5.92 Å². The van der Waals surface area contributed by atoms with Crippen LogP contribution in [0, 0.1) is 5.92 Å². The van der Waals surface area contributed by atoms with E-state index in [1.807, 2.05) is 0 Å². The molecule has 1 heterocycles. The fourth-order valence-electron chi connectivity index (χ4n) is 0.980. The largest absolute Gasteiger partial charge is 0.317 e. The molecule has 1 aliphatic rings. The summed E-state index contributed by atoms with van der Waals surface area (Å²) < 4.78 is 0. The van der Waals surface area contributed by atoms with Crippen LogP contribution in [0.15, 0.2) is 0 Å². The average molecular weight is 113 g/mol. The summed E-state index contributed by atoms with van der Waals surface area (Å²) >= 11 is 0. The maximum absolute atomic E-state index is 10.1. The molecule has 46 valence electrons. The molecule has 0 amide bonds. The molecule has 1 N–H and O–H groups in total. The van der Waals surface area contributed by atoms with Crippen molar-refractivity contribution in [3.05, 3.63) is 0 Å². The number of carbonyl (C=O) groups excluding carboxylic acids is 1. The molecular formula is C6H11NO. The molecule has 0 saturated carbocycles. The van der Waals surface area contributed by atoms with E-state index in [0.717, 1.165) is 32.2 Å². The Balaban J connectivity index is 2.22. The lowest BCUT2D eigenvalue weighted by Gasteiger charge is -2.16. The van der Waals surface area contributed by atoms with E-state index in [2.05, 4.69) is 5.32 Å². The molecule has 0 aromatic heterocycles. The molecule has 0 atom stereocenters. The molecule has 0 aliphatic carbocycles. The first-order chi connectivity index (χ1) is 3.93. The van der Waals surface area contributed by atoms with Crippen molar-refractivity contribution in [1.82, 2.24) is 5.32 Å². The van der Waals surface area contributed by atoms with Crippen molar-refractivity contribution in [3.8, 4) is 0 Å². The van der Waals surface area contributed by atoms with Crippen LogP contribution in [0.5, 0.6) is 0 Å². The van der Waals surface area contributed by atoms with Gasteiger partial charge in [0, 0.05) is 5.92 Å². The second-order valence-corrected chi connectivity index (χ2v) is 2.22. The van der Waals surface area contributed by atoms with Crippen molar-refractivity contribution < 1.29 is 4.79 Å². The maximum Gasteiger partial charge on any atom is 0.123 e. The molecule has 0 aromatic carbocycles. The van der Waals surface area contributed by atoms with Gasteiger partial charge in [0.2, 0.25) is 0 Å². The first-order valence-electron chi connectivity index (χ1n) is 3.09. The summed E-state index contributed by atoms with van der Waals surface area (Å²) in [5.74, 6) is 0.344. The van der Waals surface area contributed by atoms with E-state index < -0.39 is 0 Å². The van der Waals surface area contributed by atoms with E-state index in [9.17, 15) is 4.79 Å². The van der Waals surface area contributed by atoms with Crippen LogP contribution in [0.3, 0.4) is 0 Å². The summed E-state index contributed by atoms with van der Waals surface area (Å²) in [6.07, 6.45) is 3.13. The summed E-state index contributed by atoms with van der Waals surface area (Å²) in [5.41, 5.74) is 0. The van der Waals surface area contributed by atoms with E-state index in [-0.39, 0.29) is 0 Å². The van der Waals surface area contributed by atoms with Gasteiger partial charge in [0.1, 0.15) is 6.29 Å². The van der Waals surface area contributed by atoms with Crippen LogP contribution in [0.4, 0.5) is 0 Å². The van der Waals surface area contributed by atoms with Gasteiger partial charge in [-0.1, -0.05) is 0 Å². The lowest BCUT2D eigenvalue weighted by Crippen LogP contribution is -2.28. The third kappa shape index (κ3) is 1.30. The van der Waals surface area contributed by atoms with Gasteiger partial charge in [-0.3, -0.25) is 0 Å². The first kappa shape index (κ1) is 5.76. The monoisotopic (exact) mass is 113 g/mol. The van der Waals surface area contributed by atoms with Crippen molar-refractivity contribution in [2.45, 2.75) is 12.8 Å². The number of aldehydes is 1. The Kier molecular flexibility index (Phi) is 2.03. The van der Waals surface area contributed by atoms with Gasteiger partial charge < -0.3 is 10.1 Å². The lowest BCUT2D eigenvalue weighted by atomic mass is 10.0. The van der Waals surface area contributed by atoms with E-state index in [1.54, 1.807) is 0 Å². The van der Waals surface area contributed by atoms with Crippen LogP contribution in [0.25, 0.3) is 0 Å². The number of hydrogen-bond acceptors (Lipinski definition) is 2. The van der Waals surface area contributed by atoms with Crippen molar-refractivity contribution in [3.63, 3.8) is 0 Å². The Hall–Kier alpha value is -0.370. The normalized spacial score (nSPS) is 23.0. The standard InChI is InChI=1S/C6H11NO/c8-5-6-1-3-7-4-2-6/h5-7H,1-4H2. The van der Waals surface area contributed by atoms with E-state index in [1.165, 1.54) is 0 Å². The summed E-state index contributed by atoms with van der Waals surface area (Å²) in [6.45, 7) is 2.03. The molecule has 8 heavy (non-hydrogen) atoms. The minimum absolute atomic E-state index is 0.344. The molecule has 0 radical (unpaired) electrons. The number of nitrogens with one attached hydrogen (secondary N) is 1. The summed E-state index contributed by atoms with van der Waals surface area (Å²) in [4.78, 5) is 10.1. The van der Waals surface area contributed by atoms with Crippen LogP contribution >= 0.6 is 0 Å². The molecule has 0 spiro atoms. The summed E-state index contributed by atoms with van der Waals surface area (Å²) in [6, 6.07) is 0. The fraction of sp³-hybridized carbons (Fsp3) is 0.833. The van der Waals surface area contributed by atoms with Gasteiger partial charge in [-0.15, -0.1) is 0 Å². The van der Waals surface area contributed by atoms with E-state index >= 15 is 0 Å². The topological polar surface area (TPSA) is 29.1 Å². The minimum atomic E-state index is 0.344. The quantitative estimate of drug-likeness (QED) is 0.492. The van der Waals surface area contributed by atoms with Gasteiger partial charge >= 0.3 is 0 Å². The molecule has 2 heteroatoms.